The Kier molecular flexibility index (Phi) is 4.56. The summed E-state index contributed by atoms with van der Waals surface area (Å²) in [6, 6.07) is 2.19. The summed E-state index contributed by atoms with van der Waals surface area (Å²) in [5.74, 6) is 0. The summed E-state index contributed by atoms with van der Waals surface area (Å²) in [7, 11) is 0. The molecule has 0 spiro atoms. The van der Waals surface area contributed by atoms with E-state index in [-0.39, 0.29) is 12.6 Å². The van der Waals surface area contributed by atoms with Crippen molar-refractivity contribution in [2.45, 2.75) is 32.9 Å². The average Bonchev–Trinajstić information content (AvgIpc) is 2.22. The SMILES string of the molecule is CC[C@H](CO)NCc1cnccc1C. The van der Waals surface area contributed by atoms with E-state index < -0.39 is 0 Å². The standard InChI is InChI=1S/C11H18N2O/c1-3-11(8-14)13-7-10-6-12-5-4-9(10)2/h4-6,11,13-14H,3,7-8H2,1-2H3/t11-/m1/s1. The third kappa shape index (κ3) is 3.09. The van der Waals surface area contributed by atoms with Crippen molar-refractivity contribution in [3.05, 3.63) is 29.6 Å². The molecular weight excluding hydrogens is 176 g/mol. The van der Waals surface area contributed by atoms with Gasteiger partial charge in [-0.15, -0.1) is 0 Å². The average molecular weight is 194 g/mol. The van der Waals surface area contributed by atoms with Crippen molar-refractivity contribution in [1.29, 1.82) is 0 Å². The van der Waals surface area contributed by atoms with Crippen LogP contribution in [0.3, 0.4) is 0 Å². The first-order chi connectivity index (χ1) is 6.77. The molecule has 0 aromatic carbocycles. The Balaban J connectivity index is 2.49. The quantitative estimate of drug-likeness (QED) is 0.741. The number of aromatic nitrogens is 1. The van der Waals surface area contributed by atoms with Crippen LogP contribution >= 0.6 is 0 Å². The summed E-state index contributed by atoms with van der Waals surface area (Å²) in [4.78, 5) is 4.07. The molecule has 1 heterocycles. The van der Waals surface area contributed by atoms with E-state index in [1.165, 1.54) is 11.1 Å². The molecule has 0 radical (unpaired) electrons. The third-order valence-electron chi connectivity index (χ3n) is 2.44. The molecule has 1 aromatic heterocycles. The van der Waals surface area contributed by atoms with Crippen LogP contribution < -0.4 is 5.32 Å². The molecule has 0 saturated carbocycles. The number of rotatable bonds is 5. The fourth-order valence-electron chi connectivity index (χ4n) is 1.27. The molecule has 1 rings (SSSR count). The number of nitrogens with one attached hydrogen (secondary N) is 1. The molecule has 2 N–H and O–H groups in total. The molecule has 0 amide bonds. The van der Waals surface area contributed by atoms with Crippen molar-refractivity contribution in [1.82, 2.24) is 10.3 Å². The highest BCUT2D eigenvalue weighted by Gasteiger charge is 2.04. The Labute approximate surface area is 85.2 Å². The van der Waals surface area contributed by atoms with E-state index in [0.29, 0.717) is 0 Å². The minimum Gasteiger partial charge on any atom is -0.395 e. The van der Waals surface area contributed by atoms with Crippen molar-refractivity contribution in [2.75, 3.05) is 6.61 Å². The first-order valence-electron chi connectivity index (χ1n) is 5.01. The Morgan fingerprint density at radius 3 is 2.93 bits per heavy atom. The summed E-state index contributed by atoms with van der Waals surface area (Å²) < 4.78 is 0. The summed E-state index contributed by atoms with van der Waals surface area (Å²) in [6.07, 6.45) is 4.60. The van der Waals surface area contributed by atoms with Crippen LogP contribution in [-0.2, 0) is 6.54 Å². The second-order valence-corrected chi connectivity index (χ2v) is 3.47. The Bertz CT molecular complexity index is 272. The van der Waals surface area contributed by atoms with Crippen LogP contribution in [0.1, 0.15) is 24.5 Å². The van der Waals surface area contributed by atoms with Gasteiger partial charge in [-0.2, -0.15) is 0 Å². The van der Waals surface area contributed by atoms with Gasteiger partial charge in [-0.3, -0.25) is 4.98 Å². The topological polar surface area (TPSA) is 45.1 Å². The van der Waals surface area contributed by atoms with Gasteiger partial charge in [-0.1, -0.05) is 6.92 Å². The predicted molar refractivity (Wildman–Crippen MR) is 57.0 cm³/mol. The first kappa shape index (κ1) is 11.1. The van der Waals surface area contributed by atoms with Gasteiger partial charge in [0.2, 0.25) is 0 Å². The van der Waals surface area contributed by atoms with Crippen LogP contribution in [0, 0.1) is 6.92 Å². The van der Waals surface area contributed by atoms with Crippen molar-refractivity contribution in [3.8, 4) is 0 Å². The van der Waals surface area contributed by atoms with Crippen molar-refractivity contribution >= 4 is 0 Å². The molecule has 0 aliphatic carbocycles. The summed E-state index contributed by atoms with van der Waals surface area (Å²) in [5.41, 5.74) is 2.43. The molecule has 0 unspecified atom stereocenters. The monoisotopic (exact) mass is 194 g/mol. The van der Waals surface area contributed by atoms with Gasteiger partial charge in [0, 0.05) is 25.0 Å². The van der Waals surface area contributed by atoms with Gasteiger partial charge in [0.25, 0.3) is 0 Å². The van der Waals surface area contributed by atoms with Crippen LogP contribution in [-0.4, -0.2) is 22.7 Å². The summed E-state index contributed by atoms with van der Waals surface area (Å²) in [5, 5.41) is 12.3. The smallest absolute Gasteiger partial charge is 0.0584 e. The molecule has 3 nitrogen and oxygen atoms in total. The van der Waals surface area contributed by atoms with E-state index in [2.05, 4.69) is 24.1 Å². The number of pyridine rings is 1. The molecule has 1 atom stereocenters. The van der Waals surface area contributed by atoms with E-state index in [1.807, 2.05) is 12.3 Å². The van der Waals surface area contributed by atoms with Gasteiger partial charge in [-0.05, 0) is 30.5 Å². The maximum Gasteiger partial charge on any atom is 0.0584 e. The van der Waals surface area contributed by atoms with Gasteiger partial charge >= 0.3 is 0 Å². The summed E-state index contributed by atoms with van der Waals surface area (Å²) in [6.45, 7) is 5.09. The molecule has 14 heavy (non-hydrogen) atoms. The van der Waals surface area contributed by atoms with Crippen molar-refractivity contribution in [3.63, 3.8) is 0 Å². The molecule has 1 aromatic rings. The maximum absolute atomic E-state index is 9.00. The first-order valence-corrected chi connectivity index (χ1v) is 5.01. The second-order valence-electron chi connectivity index (χ2n) is 3.47. The van der Waals surface area contributed by atoms with Gasteiger partial charge in [0.15, 0.2) is 0 Å². The van der Waals surface area contributed by atoms with Gasteiger partial charge in [0.05, 0.1) is 6.61 Å². The lowest BCUT2D eigenvalue weighted by Gasteiger charge is -2.14. The van der Waals surface area contributed by atoms with Gasteiger partial charge in [-0.25, -0.2) is 0 Å². The number of nitrogens with zero attached hydrogens (tertiary/aromatic N) is 1. The third-order valence-corrected chi connectivity index (χ3v) is 2.44. The second kappa shape index (κ2) is 5.73. The molecule has 0 aliphatic rings. The van der Waals surface area contributed by atoms with E-state index in [9.17, 15) is 0 Å². The molecule has 78 valence electrons. The number of aliphatic hydroxyl groups excluding tert-OH is 1. The molecule has 0 aliphatic heterocycles. The minimum absolute atomic E-state index is 0.189. The van der Waals surface area contributed by atoms with Gasteiger partial charge < -0.3 is 10.4 Å². The summed E-state index contributed by atoms with van der Waals surface area (Å²) >= 11 is 0. The Morgan fingerprint density at radius 2 is 2.36 bits per heavy atom. The highest BCUT2D eigenvalue weighted by Crippen LogP contribution is 2.04. The lowest BCUT2D eigenvalue weighted by Crippen LogP contribution is -2.31. The van der Waals surface area contributed by atoms with Crippen molar-refractivity contribution in [2.24, 2.45) is 0 Å². The Morgan fingerprint density at radius 1 is 1.57 bits per heavy atom. The van der Waals surface area contributed by atoms with E-state index in [4.69, 9.17) is 5.11 Å². The molecule has 3 heteroatoms. The fraction of sp³-hybridized carbons (Fsp3) is 0.545. The lowest BCUT2D eigenvalue weighted by molar-refractivity contribution is 0.238. The number of aryl methyl sites for hydroxylation is 1. The minimum atomic E-state index is 0.189. The maximum atomic E-state index is 9.00. The Hall–Kier alpha value is -0.930. The lowest BCUT2D eigenvalue weighted by atomic mass is 10.1. The molecule has 0 fully saturated rings. The zero-order valence-corrected chi connectivity index (χ0v) is 8.83. The normalized spacial score (nSPS) is 12.8. The van der Waals surface area contributed by atoms with E-state index >= 15 is 0 Å². The van der Waals surface area contributed by atoms with Crippen LogP contribution in [0.5, 0.6) is 0 Å². The zero-order valence-electron chi connectivity index (χ0n) is 8.83. The van der Waals surface area contributed by atoms with Gasteiger partial charge in [0.1, 0.15) is 0 Å². The number of hydrogen-bond acceptors (Lipinski definition) is 3. The van der Waals surface area contributed by atoms with E-state index in [1.54, 1.807) is 6.20 Å². The van der Waals surface area contributed by atoms with Crippen LogP contribution in [0.4, 0.5) is 0 Å². The van der Waals surface area contributed by atoms with E-state index in [0.717, 1.165) is 13.0 Å². The molecular formula is C11H18N2O. The van der Waals surface area contributed by atoms with Crippen molar-refractivity contribution < 1.29 is 5.11 Å². The van der Waals surface area contributed by atoms with Crippen LogP contribution in [0.15, 0.2) is 18.5 Å². The molecule has 0 saturated heterocycles. The largest absolute Gasteiger partial charge is 0.395 e. The molecule has 0 bridgehead atoms. The number of aliphatic hydroxyl groups is 1. The fourth-order valence-corrected chi connectivity index (χ4v) is 1.27. The van der Waals surface area contributed by atoms with Crippen LogP contribution in [0.2, 0.25) is 0 Å². The predicted octanol–water partition coefficient (Wildman–Crippen LogP) is 1.25. The number of hydrogen-bond donors (Lipinski definition) is 2. The zero-order chi connectivity index (χ0) is 10.4. The van der Waals surface area contributed by atoms with Crippen LogP contribution in [0.25, 0.3) is 0 Å². The highest BCUT2D eigenvalue weighted by molar-refractivity contribution is 5.21. The highest BCUT2D eigenvalue weighted by atomic mass is 16.3.